The Morgan fingerprint density at radius 1 is 1.29 bits per heavy atom. The minimum atomic E-state index is -0.613. The SMILES string of the molecule is CC1CCN(CC2CC3CCC2C3)C1C(=O)O. The summed E-state index contributed by atoms with van der Waals surface area (Å²) in [6.07, 6.45) is 6.67. The maximum absolute atomic E-state index is 11.3. The van der Waals surface area contributed by atoms with Crippen molar-refractivity contribution in [1.29, 1.82) is 0 Å². The van der Waals surface area contributed by atoms with Gasteiger partial charge in [-0.3, -0.25) is 9.69 Å². The summed E-state index contributed by atoms with van der Waals surface area (Å²) in [5.41, 5.74) is 0. The first-order valence-electron chi connectivity index (χ1n) is 7.12. The van der Waals surface area contributed by atoms with Crippen molar-refractivity contribution in [3.05, 3.63) is 0 Å². The van der Waals surface area contributed by atoms with E-state index in [0.717, 1.165) is 37.3 Å². The van der Waals surface area contributed by atoms with Crippen LogP contribution in [0.4, 0.5) is 0 Å². The molecule has 3 nitrogen and oxygen atoms in total. The molecule has 1 aliphatic heterocycles. The zero-order valence-corrected chi connectivity index (χ0v) is 10.6. The standard InChI is InChI=1S/C14H23NO2/c1-9-4-5-15(13(9)14(16)17)8-12-7-10-2-3-11(12)6-10/h9-13H,2-8H2,1H3,(H,16,17). The largest absolute Gasteiger partial charge is 0.480 e. The second-order valence-electron chi connectivity index (χ2n) is 6.48. The second kappa shape index (κ2) is 4.27. The molecule has 5 atom stereocenters. The van der Waals surface area contributed by atoms with E-state index in [9.17, 15) is 9.90 Å². The van der Waals surface area contributed by atoms with E-state index in [1.165, 1.54) is 25.7 Å². The topological polar surface area (TPSA) is 40.5 Å². The van der Waals surface area contributed by atoms with Gasteiger partial charge in [-0.25, -0.2) is 0 Å². The van der Waals surface area contributed by atoms with E-state index in [4.69, 9.17) is 0 Å². The van der Waals surface area contributed by atoms with E-state index in [-0.39, 0.29) is 6.04 Å². The molecule has 96 valence electrons. The summed E-state index contributed by atoms with van der Waals surface area (Å²) in [5, 5.41) is 9.32. The van der Waals surface area contributed by atoms with Crippen molar-refractivity contribution in [1.82, 2.24) is 4.90 Å². The van der Waals surface area contributed by atoms with E-state index < -0.39 is 5.97 Å². The van der Waals surface area contributed by atoms with E-state index in [1.807, 2.05) is 0 Å². The van der Waals surface area contributed by atoms with Gasteiger partial charge in [0.15, 0.2) is 0 Å². The van der Waals surface area contributed by atoms with Crippen molar-refractivity contribution in [2.24, 2.45) is 23.7 Å². The molecular formula is C14H23NO2. The van der Waals surface area contributed by atoms with Crippen LogP contribution in [0.3, 0.4) is 0 Å². The van der Waals surface area contributed by atoms with Gasteiger partial charge < -0.3 is 5.11 Å². The second-order valence-corrected chi connectivity index (χ2v) is 6.48. The van der Waals surface area contributed by atoms with Gasteiger partial charge in [0, 0.05) is 6.54 Å². The Morgan fingerprint density at radius 3 is 2.71 bits per heavy atom. The zero-order valence-electron chi connectivity index (χ0n) is 10.6. The number of likely N-dealkylation sites (tertiary alicyclic amines) is 1. The van der Waals surface area contributed by atoms with Gasteiger partial charge in [-0.05, 0) is 55.9 Å². The van der Waals surface area contributed by atoms with Crippen LogP contribution in [-0.4, -0.2) is 35.1 Å². The summed E-state index contributed by atoms with van der Waals surface area (Å²) >= 11 is 0. The Balaban J connectivity index is 1.63. The number of hydrogen-bond acceptors (Lipinski definition) is 2. The average molecular weight is 237 g/mol. The van der Waals surface area contributed by atoms with Crippen LogP contribution in [0, 0.1) is 23.7 Å². The van der Waals surface area contributed by atoms with Gasteiger partial charge in [-0.15, -0.1) is 0 Å². The molecule has 0 spiro atoms. The van der Waals surface area contributed by atoms with Crippen LogP contribution in [0.1, 0.15) is 39.0 Å². The highest BCUT2D eigenvalue weighted by Gasteiger charge is 2.43. The zero-order chi connectivity index (χ0) is 12.0. The Kier molecular flexibility index (Phi) is 2.89. The number of nitrogens with zero attached hydrogens (tertiary/aromatic N) is 1. The minimum Gasteiger partial charge on any atom is -0.480 e. The molecule has 2 bridgehead atoms. The van der Waals surface area contributed by atoms with E-state index in [0.29, 0.717) is 5.92 Å². The Labute approximate surface area is 103 Å². The first-order chi connectivity index (χ1) is 8.15. The lowest BCUT2D eigenvalue weighted by molar-refractivity contribution is -0.143. The predicted octanol–water partition coefficient (Wildman–Crippen LogP) is 2.22. The van der Waals surface area contributed by atoms with Crippen molar-refractivity contribution in [2.45, 2.75) is 45.1 Å². The minimum absolute atomic E-state index is 0.214. The van der Waals surface area contributed by atoms with Crippen LogP contribution >= 0.6 is 0 Å². The number of hydrogen-bond donors (Lipinski definition) is 1. The molecule has 5 unspecified atom stereocenters. The summed E-state index contributed by atoms with van der Waals surface area (Å²) < 4.78 is 0. The summed E-state index contributed by atoms with van der Waals surface area (Å²) in [6, 6.07) is -0.214. The molecular weight excluding hydrogens is 214 g/mol. The molecule has 0 aromatic rings. The quantitative estimate of drug-likeness (QED) is 0.818. The van der Waals surface area contributed by atoms with Gasteiger partial charge in [0.05, 0.1) is 0 Å². The maximum atomic E-state index is 11.3. The van der Waals surface area contributed by atoms with Crippen molar-refractivity contribution in [2.75, 3.05) is 13.1 Å². The van der Waals surface area contributed by atoms with Crippen molar-refractivity contribution in [3.8, 4) is 0 Å². The Morgan fingerprint density at radius 2 is 2.12 bits per heavy atom. The monoisotopic (exact) mass is 237 g/mol. The molecule has 0 aromatic carbocycles. The van der Waals surface area contributed by atoms with Gasteiger partial charge in [0.2, 0.25) is 0 Å². The molecule has 3 aliphatic rings. The third-order valence-electron chi connectivity index (χ3n) is 5.41. The van der Waals surface area contributed by atoms with Gasteiger partial charge in [-0.1, -0.05) is 13.3 Å². The van der Waals surface area contributed by atoms with Crippen LogP contribution in [0.2, 0.25) is 0 Å². The summed E-state index contributed by atoms with van der Waals surface area (Å²) in [7, 11) is 0. The Bertz CT molecular complexity index is 317. The lowest BCUT2D eigenvalue weighted by Crippen LogP contribution is -2.42. The van der Waals surface area contributed by atoms with Crippen molar-refractivity contribution < 1.29 is 9.90 Å². The van der Waals surface area contributed by atoms with Crippen molar-refractivity contribution in [3.63, 3.8) is 0 Å². The number of aliphatic carboxylic acids is 1. The number of carboxylic acids is 1. The van der Waals surface area contributed by atoms with Crippen LogP contribution in [0.25, 0.3) is 0 Å². The molecule has 3 fully saturated rings. The number of fused-ring (bicyclic) bond motifs is 2. The van der Waals surface area contributed by atoms with E-state index in [1.54, 1.807) is 0 Å². The molecule has 2 saturated carbocycles. The smallest absolute Gasteiger partial charge is 0.321 e. The third kappa shape index (κ3) is 1.99. The lowest BCUT2D eigenvalue weighted by atomic mass is 9.88. The number of rotatable bonds is 3. The number of carboxylic acid groups (broad SMARTS) is 1. The summed E-state index contributed by atoms with van der Waals surface area (Å²) in [6.45, 7) is 4.12. The van der Waals surface area contributed by atoms with Crippen molar-refractivity contribution >= 4 is 5.97 Å². The molecule has 17 heavy (non-hydrogen) atoms. The molecule has 2 aliphatic carbocycles. The first kappa shape index (κ1) is 11.5. The molecule has 1 heterocycles. The highest BCUT2D eigenvalue weighted by Crippen LogP contribution is 2.49. The first-order valence-corrected chi connectivity index (χ1v) is 7.12. The fourth-order valence-electron chi connectivity index (χ4n) is 4.53. The fraction of sp³-hybridized carbons (Fsp3) is 0.929. The molecule has 1 saturated heterocycles. The molecule has 0 radical (unpaired) electrons. The fourth-order valence-corrected chi connectivity index (χ4v) is 4.53. The predicted molar refractivity (Wildman–Crippen MR) is 65.7 cm³/mol. The van der Waals surface area contributed by atoms with Crippen LogP contribution in [0.15, 0.2) is 0 Å². The van der Waals surface area contributed by atoms with Crippen LogP contribution < -0.4 is 0 Å². The van der Waals surface area contributed by atoms with Crippen LogP contribution in [-0.2, 0) is 4.79 Å². The highest BCUT2D eigenvalue weighted by molar-refractivity contribution is 5.74. The molecule has 3 rings (SSSR count). The van der Waals surface area contributed by atoms with Gasteiger partial charge in [0.25, 0.3) is 0 Å². The third-order valence-corrected chi connectivity index (χ3v) is 5.41. The average Bonchev–Trinajstić information content (AvgIpc) is 2.93. The van der Waals surface area contributed by atoms with Crippen LogP contribution in [0.5, 0.6) is 0 Å². The summed E-state index contributed by atoms with van der Waals surface area (Å²) in [5.74, 6) is 2.38. The molecule has 0 amide bonds. The molecule has 1 N–H and O–H groups in total. The normalized spacial score (nSPS) is 45.6. The van der Waals surface area contributed by atoms with Gasteiger partial charge in [0.1, 0.15) is 6.04 Å². The highest BCUT2D eigenvalue weighted by atomic mass is 16.4. The molecule has 3 heteroatoms. The van der Waals surface area contributed by atoms with Gasteiger partial charge in [-0.2, -0.15) is 0 Å². The lowest BCUT2D eigenvalue weighted by Gasteiger charge is -2.30. The Hall–Kier alpha value is -0.570. The van der Waals surface area contributed by atoms with E-state index >= 15 is 0 Å². The maximum Gasteiger partial charge on any atom is 0.321 e. The van der Waals surface area contributed by atoms with E-state index in [2.05, 4.69) is 11.8 Å². The summed E-state index contributed by atoms with van der Waals surface area (Å²) in [4.78, 5) is 13.6. The van der Waals surface area contributed by atoms with Gasteiger partial charge >= 0.3 is 5.97 Å². The molecule has 0 aromatic heterocycles. The number of carbonyl (C=O) groups is 1.